The average molecular weight is 331 g/mol. The van der Waals surface area contributed by atoms with E-state index in [-0.39, 0.29) is 6.79 Å². The van der Waals surface area contributed by atoms with Gasteiger partial charge in [-0.05, 0) is 26.7 Å². The van der Waals surface area contributed by atoms with E-state index in [1.54, 1.807) is 0 Å². The highest BCUT2D eigenvalue weighted by Crippen LogP contribution is 2.16. The highest BCUT2D eigenvalue weighted by atomic mass is 16.7. The molecular formula is C19H38O4. The third-order valence-electron chi connectivity index (χ3n) is 3.46. The van der Waals surface area contributed by atoms with Crippen LogP contribution in [-0.2, 0) is 18.9 Å². The van der Waals surface area contributed by atoms with Crippen molar-refractivity contribution < 1.29 is 18.9 Å². The summed E-state index contributed by atoms with van der Waals surface area (Å²) in [5.74, 6) is 1.27. The molecule has 0 amide bonds. The molecule has 0 aromatic rings. The number of unbranched alkanes of at least 4 members (excludes halogenated alkanes) is 6. The minimum absolute atomic E-state index is 0.228. The van der Waals surface area contributed by atoms with E-state index in [1.165, 1.54) is 38.5 Å². The van der Waals surface area contributed by atoms with E-state index < -0.39 is 0 Å². The average Bonchev–Trinajstić information content (AvgIpc) is 2.55. The first-order valence-electron chi connectivity index (χ1n) is 9.49. The molecule has 0 atom stereocenters. The molecule has 0 aliphatic carbocycles. The minimum atomic E-state index is 0.228. The molecule has 23 heavy (non-hydrogen) atoms. The zero-order valence-corrected chi connectivity index (χ0v) is 15.8. The molecule has 0 heterocycles. The van der Waals surface area contributed by atoms with Gasteiger partial charge < -0.3 is 18.9 Å². The summed E-state index contributed by atoms with van der Waals surface area (Å²) >= 11 is 0. The highest BCUT2D eigenvalue weighted by molar-refractivity contribution is 4.94. The lowest BCUT2D eigenvalue weighted by Crippen LogP contribution is -2.09. The van der Waals surface area contributed by atoms with E-state index in [4.69, 9.17) is 18.9 Å². The second kappa shape index (κ2) is 17.5. The van der Waals surface area contributed by atoms with Crippen molar-refractivity contribution >= 4 is 0 Å². The van der Waals surface area contributed by atoms with Crippen LogP contribution in [0.2, 0.25) is 0 Å². The van der Waals surface area contributed by atoms with Crippen LogP contribution in [0.1, 0.15) is 85.5 Å². The quantitative estimate of drug-likeness (QED) is 0.193. The van der Waals surface area contributed by atoms with Gasteiger partial charge in [0.1, 0.15) is 0 Å². The lowest BCUT2D eigenvalue weighted by atomic mass is 10.1. The normalized spacial score (nSPS) is 12.0. The molecular weight excluding hydrogens is 292 g/mol. The van der Waals surface area contributed by atoms with Crippen molar-refractivity contribution in [3.8, 4) is 0 Å². The van der Waals surface area contributed by atoms with Gasteiger partial charge in [-0.15, -0.1) is 0 Å². The van der Waals surface area contributed by atoms with Gasteiger partial charge in [0, 0.05) is 6.42 Å². The van der Waals surface area contributed by atoms with Crippen LogP contribution in [0.25, 0.3) is 0 Å². The van der Waals surface area contributed by atoms with E-state index in [1.807, 2.05) is 13.8 Å². The Morgan fingerprint density at radius 3 is 1.91 bits per heavy atom. The van der Waals surface area contributed by atoms with Crippen LogP contribution in [0, 0.1) is 0 Å². The maximum Gasteiger partial charge on any atom is 0.321 e. The molecule has 0 aliphatic rings. The molecule has 0 bridgehead atoms. The first-order chi connectivity index (χ1) is 11.3. The van der Waals surface area contributed by atoms with Gasteiger partial charge in [-0.25, -0.2) is 0 Å². The van der Waals surface area contributed by atoms with Crippen molar-refractivity contribution in [2.45, 2.75) is 85.5 Å². The van der Waals surface area contributed by atoms with E-state index in [9.17, 15) is 0 Å². The van der Waals surface area contributed by atoms with Crippen molar-refractivity contribution in [1.29, 1.82) is 0 Å². The molecule has 4 heteroatoms. The van der Waals surface area contributed by atoms with Crippen molar-refractivity contribution in [1.82, 2.24) is 0 Å². The zero-order valence-electron chi connectivity index (χ0n) is 15.8. The van der Waals surface area contributed by atoms with E-state index in [2.05, 4.69) is 13.8 Å². The Morgan fingerprint density at radius 2 is 1.30 bits per heavy atom. The van der Waals surface area contributed by atoms with E-state index in [0.29, 0.717) is 19.2 Å². The number of hydrogen-bond acceptors (Lipinski definition) is 4. The summed E-state index contributed by atoms with van der Waals surface area (Å²) < 4.78 is 22.3. The summed E-state index contributed by atoms with van der Waals surface area (Å²) in [5, 5.41) is 0. The number of hydrogen-bond donors (Lipinski definition) is 0. The first-order valence-corrected chi connectivity index (χ1v) is 9.49. The molecule has 0 N–H and O–H groups in total. The van der Waals surface area contributed by atoms with Crippen LogP contribution in [0.3, 0.4) is 0 Å². The molecule has 4 nitrogen and oxygen atoms in total. The second-order valence-corrected chi connectivity index (χ2v) is 5.62. The summed E-state index contributed by atoms with van der Waals surface area (Å²) in [6.07, 6.45) is 10.8. The minimum Gasteiger partial charge on any atom is -0.491 e. The van der Waals surface area contributed by atoms with Gasteiger partial charge in [0.2, 0.25) is 0 Å². The van der Waals surface area contributed by atoms with Gasteiger partial charge in [-0.2, -0.15) is 0 Å². The molecule has 138 valence electrons. The Labute approximate surface area is 143 Å². The third-order valence-corrected chi connectivity index (χ3v) is 3.46. The van der Waals surface area contributed by atoms with Crippen molar-refractivity contribution in [3.05, 3.63) is 11.7 Å². The zero-order chi connectivity index (χ0) is 17.2. The maximum absolute atomic E-state index is 5.62. The Kier molecular flexibility index (Phi) is 16.8. The molecule has 0 rings (SSSR count). The van der Waals surface area contributed by atoms with Crippen molar-refractivity contribution in [2.24, 2.45) is 0 Å². The molecule has 0 fully saturated rings. The lowest BCUT2D eigenvalue weighted by Gasteiger charge is -2.16. The largest absolute Gasteiger partial charge is 0.491 e. The lowest BCUT2D eigenvalue weighted by molar-refractivity contribution is -0.0822. The van der Waals surface area contributed by atoms with E-state index >= 15 is 0 Å². The predicted octanol–water partition coefficient (Wildman–Crippen LogP) is 5.77. The highest BCUT2D eigenvalue weighted by Gasteiger charge is 2.10. The molecule has 0 saturated carbocycles. The molecule has 0 spiro atoms. The summed E-state index contributed by atoms with van der Waals surface area (Å²) in [4.78, 5) is 0. The molecule has 0 radical (unpaired) electrons. The Bertz CT molecular complexity index is 269. The van der Waals surface area contributed by atoms with Crippen LogP contribution in [0.5, 0.6) is 0 Å². The topological polar surface area (TPSA) is 36.9 Å². The van der Waals surface area contributed by atoms with Crippen LogP contribution < -0.4 is 0 Å². The van der Waals surface area contributed by atoms with Gasteiger partial charge in [-0.3, -0.25) is 0 Å². The van der Waals surface area contributed by atoms with Gasteiger partial charge in [0.15, 0.2) is 12.6 Å². The predicted molar refractivity (Wildman–Crippen MR) is 95.1 cm³/mol. The van der Waals surface area contributed by atoms with Gasteiger partial charge in [0.05, 0.1) is 19.8 Å². The Hall–Kier alpha value is -0.900. The van der Waals surface area contributed by atoms with Crippen molar-refractivity contribution in [2.75, 3.05) is 26.6 Å². The fourth-order valence-electron chi connectivity index (χ4n) is 2.28. The molecule has 0 saturated heterocycles. The fraction of sp³-hybridized carbons (Fsp3) is 0.895. The van der Waals surface area contributed by atoms with Crippen LogP contribution in [0.4, 0.5) is 0 Å². The van der Waals surface area contributed by atoms with Crippen LogP contribution in [-0.4, -0.2) is 26.6 Å². The molecule has 0 aromatic heterocycles. The second-order valence-electron chi connectivity index (χ2n) is 5.62. The molecule has 0 aromatic carbocycles. The maximum atomic E-state index is 5.62. The Balaban J connectivity index is 3.85. The summed E-state index contributed by atoms with van der Waals surface area (Å²) in [7, 11) is 0. The van der Waals surface area contributed by atoms with Gasteiger partial charge >= 0.3 is 5.95 Å². The monoisotopic (exact) mass is 330 g/mol. The number of ether oxygens (including phenoxy) is 4. The third kappa shape index (κ3) is 13.3. The van der Waals surface area contributed by atoms with Gasteiger partial charge in [-0.1, -0.05) is 52.4 Å². The first kappa shape index (κ1) is 22.1. The van der Waals surface area contributed by atoms with Gasteiger partial charge in [0.25, 0.3) is 0 Å². The SMILES string of the molecule is CCCCCCCCCOCO/C(OCC)=C(/CCC)OCC. The van der Waals surface area contributed by atoms with E-state index in [0.717, 1.165) is 31.6 Å². The van der Waals surface area contributed by atoms with Crippen molar-refractivity contribution in [3.63, 3.8) is 0 Å². The smallest absolute Gasteiger partial charge is 0.321 e. The number of allylic oxidation sites excluding steroid dienone is 1. The Morgan fingerprint density at radius 1 is 0.652 bits per heavy atom. The summed E-state index contributed by atoms with van der Waals surface area (Å²) in [6, 6.07) is 0. The summed E-state index contributed by atoms with van der Waals surface area (Å²) in [5.41, 5.74) is 0. The summed E-state index contributed by atoms with van der Waals surface area (Å²) in [6.45, 7) is 10.4. The van der Waals surface area contributed by atoms with Crippen LogP contribution in [0.15, 0.2) is 11.7 Å². The molecule has 0 unspecified atom stereocenters. The fourth-order valence-corrected chi connectivity index (χ4v) is 2.28. The van der Waals surface area contributed by atoms with Crippen LogP contribution >= 0.6 is 0 Å². The molecule has 0 aliphatic heterocycles. The standard InChI is InChI=1S/C19H38O4/c1-5-9-10-11-12-13-14-16-20-17-23-19(22-8-4)18(15-6-2)21-7-3/h5-17H2,1-4H3/b19-18-. The number of rotatable bonds is 17.